The Hall–Kier alpha value is -2.09. The number of carboxylic acids is 1. The summed E-state index contributed by atoms with van der Waals surface area (Å²) in [7, 11) is 4.72. The lowest BCUT2D eigenvalue weighted by Gasteiger charge is -2.10. The molecule has 0 atom stereocenters. The van der Waals surface area contributed by atoms with Crippen LogP contribution in [-0.2, 0) is 0 Å². The number of nitro benzene ring substituents is 1. The number of halogens is 1. The summed E-state index contributed by atoms with van der Waals surface area (Å²) in [5.41, 5.74) is -0.420. The molecule has 0 aliphatic heterocycles. The Bertz CT molecular complexity index is 584. The van der Waals surface area contributed by atoms with E-state index in [1.54, 1.807) is 25.2 Å². The number of hydrogen-bond acceptors (Lipinski definition) is 5. The molecule has 0 bridgehead atoms. The molecule has 0 saturated heterocycles. The maximum Gasteiger partial charge on any atom is 0.339 e. The Balaban J connectivity index is 3.67. The largest absolute Gasteiger partial charge is 0.490 e. The fourth-order valence-corrected chi connectivity index (χ4v) is 2.11. The van der Waals surface area contributed by atoms with Gasteiger partial charge in [-0.05, 0) is 34.3 Å². The van der Waals surface area contributed by atoms with Crippen molar-refractivity contribution in [1.29, 1.82) is 0 Å². The van der Waals surface area contributed by atoms with Crippen molar-refractivity contribution in [2.24, 2.45) is 0 Å². The standard InChI is InChI=1S/C12H13BrN2O5/c1-14(2)5-4-7-9(13)6-8(12(16)17)11(20-3)10(7)15(18)19/h4-6H,1-3H3,(H,16,17)/b5-4+. The highest BCUT2D eigenvalue weighted by Gasteiger charge is 2.28. The Kier molecular flexibility index (Phi) is 5.09. The lowest BCUT2D eigenvalue weighted by atomic mass is 10.1. The molecule has 1 rings (SSSR count). The summed E-state index contributed by atoms with van der Waals surface area (Å²) >= 11 is 3.15. The van der Waals surface area contributed by atoms with E-state index in [2.05, 4.69) is 15.9 Å². The van der Waals surface area contributed by atoms with Crippen LogP contribution in [0.4, 0.5) is 5.69 Å². The second kappa shape index (κ2) is 6.38. The van der Waals surface area contributed by atoms with E-state index in [0.29, 0.717) is 4.47 Å². The molecule has 0 aliphatic carbocycles. The number of ether oxygens (including phenoxy) is 1. The molecule has 20 heavy (non-hydrogen) atoms. The molecule has 0 aromatic heterocycles. The first-order valence-electron chi connectivity index (χ1n) is 5.42. The molecular weight excluding hydrogens is 332 g/mol. The molecule has 0 amide bonds. The zero-order valence-corrected chi connectivity index (χ0v) is 12.7. The average Bonchev–Trinajstić information content (AvgIpc) is 2.35. The van der Waals surface area contributed by atoms with Crippen LogP contribution in [0.1, 0.15) is 15.9 Å². The summed E-state index contributed by atoms with van der Waals surface area (Å²) in [6.45, 7) is 0. The van der Waals surface area contributed by atoms with Crippen LogP contribution in [0.25, 0.3) is 6.08 Å². The number of carbonyl (C=O) groups is 1. The molecular formula is C12H13BrN2O5. The third-order valence-electron chi connectivity index (χ3n) is 2.40. The van der Waals surface area contributed by atoms with Gasteiger partial charge in [-0.15, -0.1) is 0 Å². The van der Waals surface area contributed by atoms with Crippen LogP contribution >= 0.6 is 15.9 Å². The van der Waals surface area contributed by atoms with E-state index in [1.807, 2.05) is 0 Å². The molecule has 1 N–H and O–H groups in total. The topological polar surface area (TPSA) is 92.9 Å². The van der Waals surface area contributed by atoms with E-state index in [0.717, 1.165) is 0 Å². The van der Waals surface area contributed by atoms with Crippen LogP contribution in [0.5, 0.6) is 5.75 Å². The predicted molar refractivity (Wildman–Crippen MR) is 77.0 cm³/mol. The van der Waals surface area contributed by atoms with Gasteiger partial charge in [0.15, 0.2) is 0 Å². The maximum absolute atomic E-state index is 11.2. The number of rotatable bonds is 5. The van der Waals surface area contributed by atoms with Crippen LogP contribution in [0, 0.1) is 10.1 Å². The Labute approximate surface area is 123 Å². The fraction of sp³-hybridized carbons (Fsp3) is 0.250. The van der Waals surface area contributed by atoms with Crippen molar-refractivity contribution in [3.05, 3.63) is 38.0 Å². The number of hydrogen-bond donors (Lipinski definition) is 1. The second-order valence-corrected chi connectivity index (χ2v) is 4.90. The van der Waals surface area contributed by atoms with Crippen LogP contribution in [0.3, 0.4) is 0 Å². The van der Waals surface area contributed by atoms with Gasteiger partial charge in [-0.2, -0.15) is 0 Å². The van der Waals surface area contributed by atoms with Gasteiger partial charge in [0.05, 0.1) is 17.6 Å². The van der Waals surface area contributed by atoms with E-state index in [9.17, 15) is 14.9 Å². The van der Waals surface area contributed by atoms with Crippen LogP contribution < -0.4 is 4.74 Å². The SMILES string of the molecule is COc1c(C(=O)O)cc(Br)c(/C=C/N(C)C)c1[N+](=O)[O-]. The molecule has 0 saturated carbocycles. The van der Waals surface area contributed by atoms with Crippen molar-refractivity contribution in [3.63, 3.8) is 0 Å². The van der Waals surface area contributed by atoms with Gasteiger partial charge >= 0.3 is 11.7 Å². The van der Waals surface area contributed by atoms with Gasteiger partial charge in [0, 0.05) is 18.6 Å². The highest BCUT2D eigenvalue weighted by atomic mass is 79.9. The minimum atomic E-state index is -1.30. The number of nitro groups is 1. The number of methoxy groups -OCH3 is 1. The fourth-order valence-electron chi connectivity index (χ4n) is 1.56. The number of benzene rings is 1. The summed E-state index contributed by atoms with van der Waals surface area (Å²) in [6, 6.07) is 1.28. The van der Waals surface area contributed by atoms with Crippen molar-refractivity contribution in [1.82, 2.24) is 4.90 Å². The zero-order chi connectivity index (χ0) is 15.4. The minimum absolute atomic E-state index is 0.241. The van der Waals surface area contributed by atoms with E-state index >= 15 is 0 Å². The van der Waals surface area contributed by atoms with Crippen molar-refractivity contribution in [2.45, 2.75) is 0 Å². The van der Waals surface area contributed by atoms with Crippen LogP contribution in [0.2, 0.25) is 0 Å². The lowest BCUT2D eigenvalue weighted by Crippen LogP contribution is -2.06. The molecule has 0 spiro atoms. The first kappa shape index (κ1) is 16.0. The highest BCUT2D eigenvalue weighted by molar-refractivity contribution is 9.10. The highest BCUT2D eigenvalue weighted by Crippen LogP contribution is 2.40. The average molecular weight is 345 g/mol. The molecule has 0 radical (unpaired) electrons. The lowest BCUT2D eigenvalue weighted by molar-refractivity contribution is -0.386. The summed E-state index contributed by atoms with van der Waals surface area (Å²) in [4.78, 5) is 23.4. The van der Waals surface area contributed by atoms with Crippen molar-refractivity contribution in [2.75, 3.05) is 21.2 Å². The molecule has 7 nitrogen and oxygen atoms in total. The van der Waals surface area contributed by atoms with Gasteiger partial charge in [-0.1, -0.05) is 0 Å². The van der Waals surface area contributed by atoms with Gasteiger partial charge in [0.1, 0.15) is 5.56 Å². The van der Waals surface area contributed by atoms with E-state index in [4.69, 9.17) is 9.84 Å². The van der Waals surface area contributed by atoms with Crippen molar-refractivity contribution in [3.8, 4) is 5.75 Å². The molecule has 1 aromatic rings. The first-order valence-corrected chi connectivity index (χ1v) is 6.21. The first-order chi connectivity index (χ1) is 9.29. The quantitative estimate of drug-likeness (QED) is 0.651. The molecule has 0 aliphatic rings. The van der Waals surface area contributed by atoms with E-state index < -0.39 is 16.6 Å². The molecule has 0 heterocycles. The number of carboxylic acid groups (broad SMARTS) is 1. The molecule has 108 valence electrons. The maximum atomic E-state index is 11.2. The molecule has 1 aromatic carbocycles. The Morgan fingerprint density at radius 3 is 2.55 bits per heavy atom. The Morgan fingerprint density at radius 2 is 2.15 bits per heavy atom. The number of nitrogens with zero attached hydrogens (tertiary/aromatic N) is 2. The van der Waals surface area contributed by atoms with Gasteiger partial charge in [0.2, 0.25) is 5.75 Å². The second-order valence-electron chi connectivity index (χ2n) is 4.04. The van der Waals surface area contributed by atoms with Gasteiger partial charge in [-0.3, -0.25) is 10.1 Å². The predicted octanol–water partition coefficient (Wildman–Crippen LogP) is 2.60. The van der Waals surface area contributed by atoms with Crippen molar-refractivity contribution < 1.29 is 19.6 Å². The summed E-state index contributed by atoms with van der Waals surface area (Å²) in [5, 5.41) is 20.3. The molecule has 0 fully saturated rings. The summed E-state index contributed by atoms with van der Waals surface area (Å²) in [6.07, 6.45) is 3.13. The third kappa shape index (κ3) is 3.27. The normalized spacial score (nSPS) is 10.6. The number of aromatic carboxylic acids is 1. The molecule has 8 heteroatoms. The molecule has 0 unspecified atom stereocenters. The summed E-state index contributed by atoms with van der Waals surface area (Å²) in [5.74, 6) is -1.57. The van der Waals surface area contributed by atoms with Crippen LogP contribution in [0.15, 0.2) is 16.7 Å². The van der Waals surface area contributed by atoms with Gasteiger partial charge < -0.3 is 14.7 Å². The van der Waals surface area contributed by atoms with Gasteiger partial charge in [0.25, 0.3) is 0 Å². The van der Waals surface area contributed by atoms with Gasteiger partial charge in [-0.25, -0.2) is 4.79 Å². The van der Waals surface area contributed by atoms with E-state index in [-0.39, 0.29) is 16.9 Å². The van der Waals surface area contributed by atoms with Crippen LogP contribution in [-0.4, -0.2) is 42.1 Å². The Morgan fingerprint density at radius 1 is 1.55 bits per heavy atom. The third-order valence-corrected chi connectivity index (χ3v) is 3.06. The monoisotopic (exact) mass is 344 g/mol. The van der Waals surface area contributed by atoms with E-state index in [1.165, 1.54) is 19.3 Å². The van der Waals surface area contributed by atoms with Crippen molar-refractivity contribution >= 4 is 33.7 Å². The zero-order valence-electron chi connectivity index (χ0n) is 11.1. The smallest absolute Gasteiger partial charge is 0.339 e. The minimum Gasteiger partial charge on any atom is -0.490 e. The summed E-state index contributed by atoms with van der Waals surface area (Å²) < 4.78 is 5.22.